The summed E-state index contributed by atoms with van der Waals surface area (Å²) in [7, 11) is 1.74. The summed E-state index contributed by atoms with van der Waals surface area (Å²) in [6, 6.07) is 0.437. The highest BCUT2D eigenvalue weighted by Gasteiger charge is 2.06. The van der Waals surface area contributed by atoms with Gasteiger partial charge in [-0.15, -0.1) is 6.58 Å². The maximum Gasteiger partial charge on any atom is 0.0618 e. The number of methoxy groups -OCH3 is 1. The van der Waals surface area contributed by atoms with Crippen molar-refractivity contribution in [1.82, 2.24) is 5.32 Å². The van der Waals surface area contributed by atoms with Crippen molar-refractivity contribution in [3.63, 3.8) is 0 Å². The molecule has 2 heteroatoms. The largest absolute Gasteiger partial charge is 0.383 e. The van der Waals surface area contributed by atoms with Crippen LogP contribution in [0.1, 0.15) is 26.7 Å². The van der Waals surface area contributed by atoms with E-state index in [0.717, 1.165) is 26.0 Å². The fourth-order valence-corrected chi connectivity index (χ4v) is 1.16. The van der Waals surface area contributed by atoms with Gasteiger partial charge in [0.2, 0.25) is 0 Å². The van der Waals surface area contributed by atoms with Gasteiger partial charge in [0.15, 0.2) is 0 Å². The van der Waals surface area contributed by atoms with Crippen molar-refractivity contribution in [2.75, 3.05) is 20.3 Å². The molecular weight excluding hydrogens is 150 g/mol. The van der Waals surface area contributed by atoms with E-state index in [1.165, 1.54) is 5.57 Å². The van der Waals surface area contributed by atoms with Gasteiger partial charge >= 0.3 is 0 Å². The van der Waals surface area contributed by atoms with Gasteiger partial charge in [-0.2, -0.15) is 0 Å². The second kappa shape index (κ2) is 7.32. The van der Waals surface area contributed by atoms with Crippen LogP contribution in [0.4, 0.5) is 0 Å². The number of nitrogens with one attached hydrogen (secondary N) is 1. The van der Waals surface area contributed by atoms with Gasteiger partial charge in [0, 0.05) is 13.2 Å². The Morgan fingerprint density at radius 2 is 2.25 bits per heavy atom. The summed E-state index contributed by atoms with van der Waals surface area (Å²) in [5.41, 5.74) is 1.21. The molecule has 0 aromatic heterocycles. The lowest BCUT2D eigenvalue weighted by molar-refractivity contribution is 0.166. The smallest absolute Gasteiger partial charge is 0.0618 e. The van der Waals surface area contributed by atoms with Gasteiger partial charge in [-0.25, -0.2) is 0 Å². The summed E-state index contributed by atoms with van der Waals surface area (Å²) in [6.45, 7) is 9.93. The Hall–Kier alpha value is -0.340. The molecule has 2 nitrogen and oxygen atoms in total. The zero-order chi connectivity index (χ0) is 9.40. The number of ether oxygens (including phenoxy) is 1. The molecule has 0 radical (unpaired) electrons. The second-order valence-electron chi connectivity index (χ2n) is 3.27. The predicted molar refractivity (Wildman–Crippen MR) is 53.4 cm³/mol. The summed E-state index contributed by atoms with van der Waals surface area (Å²) < 4.78 is 5.10. The van der Waals surface area contributed by atoms with Crippen LogP contribution in [0.3, 0.4) is 0 Å². The molecule has 72 valence electrons. The Bertz CT molecular complexity index is 123. The molecule has 0 aliphatic carbocycles. The number of hydrogen-bond donors (Lipinski definition) is 1. The van der Waals surface area contributed by atoms with E-state index in [0.29, 0.717) is 6.04 Å². The van der Waals surface area contributed by atoms with Gasteiger partial charge in [0.1, 0.15) is 0 Å². The van der Waals surface area contributed by atoms with Crippen molar-refractivity contribution in [1.29, 1.82) is 0 Å². The van der Waals surface area contributed by atoms with Crippen LogP contribution in [0.5, 0.6) is 0 Å². The topological polar surface area (TPSA) is 21.3 Å². The normalized spacial score (nSPS) is 12.9. The standard InChI is InChI=1S/C10H21NO/c1-5-6-11-10(8-12-4)7-9(2)3/h10-11H,2,5-8H2,1,3-4H3. The maximum atomic E-state index is 5.10. The lowest BCUT2D eigenvalue weighted by Gasteiger charge is -2.17. The Morgan fingerprint density at radius 3 is 2.67 bits per heavy atom. The first-order chi connectivity index (χ1) is 5.70. The summed E-state index contributed by atoms with van der Waals surface area (Å²) in [5, 5.41) is 3.42. The highest BCUT2D eigenvalue weighted by molar-refractivity contribution is 4.92. The minimum atomic E-state index is 0.437. The van der Waals surface area contributed by atoms with Gasteiger partial charge < -0.3 is 10.1 Å². The van der Waals surface area contributed by atoms with Crippen LogP contribution in [0.25, 0.3) is 0 Å². The predicted octanol–water partition coefficient (Wildman–Crippen LogP) is 1.97. The lowest BCUT2D eigenvalue weighted by atomic mass is 10.1. The van der Waals surface area contributed by atoms with E-state index in [2.05, 4.69) is 25.7 Å². The van der Waals surface area contributed by atoms with Crippen LogP contribution >= 0.6 is 0 Å². The van der Waals surface area contributed by atoms with Gasteiger partial charge in [-0.3, -0.25) is 0 Å². The molecule has 0 bridgehead atoms. The molecule has 0 rings (SSSR count). The molecule has 0 saturated carbocycles. The summed E-state index contributed by atoms with van der Waals surface area (Å²) in [4.78, 5) is 0. The van der Waals surface area contributed by atoms with Crippen molar-refractivity contribution in [3.8, 4) is 0 Å². The minimum Gasteiger partial charge on any atom is -0.383 e. The van der Waals surface area contributed by atoms with E-state index >= 15 is 0 Å². The second-order valence-corrected chi connectivity index (χ2v) is 3.27. The lowest BCUT2D eigenvalue weighted by Crippen LogP contribution is -2.33. The molecular formula is C10H21NO. The Labute approximate surface area is 76.0 Å². The quantitative estimate of drug-likeness (QED) is 0.591. The third-order valence-corrected chi connectivity index (χ3v) is 1.65. The molecule has 0 aromatic rings. The molecule has 12 heavy (non-hydrogen) atoms. The van der Waals surface area contributed by atoms with Crippen molar-refractivity contribution in [2.24, 2.45) is 0 Å². The molecule has 0 aliphatic heterocycles. The fourth-order valence-electron chi connectivity index (χ4n) is 1.16. The summed E-state index contributed by atoms with van der Waals surface area (Å²) in [5.74, 6) is 0. The van der Waals surface area contributed by atoms with Crippen LogP contribution in [0.2, 0.25) is 0 Å². The maximum absolute atomic E-state index is 5.10. The molecule has 0 aromatic carbocycles. The monoisotopic (exact) mass is 171 g/mol. The molecule has 0 amide bonds. The van der Waals surface area contributed by atoms with E-state index < -0.39 is 0 Å². The highest BCUT2D eigenvalue weighted by Crippen LogP contribution is 2.02. The molecule has 0 heterocycles. The first-order valence-electron chi connectivity index (χ1n) is 4.57. The zero-order valence-corrected chi connectivity index (χ0v) is 8.52. The fraction of sp³-hybridized carbons (Fsp3) is 0.800. The van der Waals surface area contributed by atoms with Crippen LogP contribution in [0, 0.1) is 0 Å². The Balaban J connectivity index is 3.61. The van der Waals surface area contributed by atoms with Crippen molar-refractivity contribution in [2.45, 2.75) is 32.7 Å². The van der Waals surface area contributed by atoms with Crippen LogP contribution in [0.15, 0.2) is 12.2 Å². The van der Waals surface area contributed by atoms with E-state index in [4.69, 9.17) is 4.74 Å². The Kier molecular flexibility index (Phi) is 7.11. The molecule has 1 N–H and O–H groups in total. The average Bonchev–Trinajstić information content (AvgIpc) is 2.00. The summed E-state index contributed by atoms with van der Waals surface area (Å²) >= 11 is 0. The van der Waals surface area contributed by atoms with Crippen molar-refractivity contribution in [3.05, 3.63) is 12.2 Å². The molecule has 0 fully saturated rings. The van der Waals surface area contributed by atoms with E-state index in [9.17, 15) is 0 Å². The van der Waals surface area contributed by atoms with Crippen LogP contribution < -0.4 is 5.32 Å². The highest BCUT2D eigenvalue weighted by atomic mass is 16.5. The molecule has 1 atom stereocenters. The van der Waals surface area contributed by atoms with Gasteiger partial charge in [-0.05, 0) is 26.3 Å². The van der Waals surface area contributed by atoms with E-state index in [1.807, 2.05) is 0 Å². The molecule has 1 unspecified atom stereocenters. The zero-order valence-electron chi connectivity index (χ0n) is 8.52. The minimum absolute atomic E-state index is 0.437. The first-order valence-corrected chi connectivity index (χ1v) is 4.57. The third-order valence-electron chi connectivity index (χ3n) is 1.65. The van der Waals surface area contributed by atoms with Gasteiger partial charge in [0.05, 0.1) is 6.61 Å². The molecule has 0 saturated heterocycles. The average molecular weight is 171 g/mol. The van der Waals surface area contributed by atoms with Crippen molar-refractivity contribution >= 4 is 0 Å². The van der Waals surface area contributed by atoms with E-state index in [-0.39, 0.29) is 0 Å². The van der Waals surface area contributed by atoms with Crippen LogP contribution in [-0.2, 0) is 4.74 Å². The Morgan fingerprint density at radius 1 is 1.58 bits per heavy atom. The van der Waals surface area contributed by atoms with E-state index in [1.54, 1.807) is 7.11 Å². The van der Waals surface area contributed by atoms with Gasteiger partial charge in [-0.1, -0.05) is 12.5 Å². The van der Waals surface area contributed by atoms with Gasteiger partial charge in [0.25, 0.3) is 0 Å². The first kappa shape index (κ1) is 11.7. The SMILES string of the molecule is C=C(C)CC(COC)NCCC. The number of rotatable bonds is 7. The third kappa shape index (κ3) is 6.38. The summed E-state index contributed by atoms with van der Waals surface area (Å²) in [6.07, 6.45) is 2.17. The number of hydrogen-bond acceptors (Lipinski definition) is 2. The van der Waals surface area contributed by atoms with Crippen molar-refractivity contribution < 1.29 is 4.74 Å². The molecule has 0 spiro atoms. The van der Waals surface area contributed by atoms with Crippen LogP contribution in [-0.4, -0.2) is 26.3 Å². The molecule has 0 aliphatic rings.